The molecule has 0 aromatic heterocycles. The summed E-state index contributed by atoms with van der Waals surface area (Å²) in [5.41, 5.74) is 6.94. The highest BCUT2D eigenvalue weighted by molar-refractivity contribution is 5.89. The third kappa shape index (κ3) is 4.95. The predicted octanol–water partition coefficient (Wildman–Crippen LogP) is 2.09. The Hall–Kier alpha value is -1.59. The first kappa shape index (κ1) is 19.7. The lowest BCUT2D eigenvalue weighted by atomic mass is 9.84. The normalized spacial score (nSPS) is 26.2. The molecule has 5 nitrogen and oxygen atoms in total. The molecule has 0 spiro atoms. The lowest BCUT2D eigenvalue weighted by molar-refractivity contribution is -0.129. The van der Waals surface area contributed by atoms with Gasteiger partial charge in [-0.15, -0.1) is 12.4 Å². The van der Waals surface area contributed by atoms with Crippen molar-refractivity contribution in [1.29, 1.82) is 0 Å². The van der Waals surface area contributed by atoms with Crippen LogP contribution in [0.25, 0.3) is 0 Å². The van der Waals surface area contributed by atoms with Gasteiger partial charge >= 0.3 is 0 Å². The molecular formula is C19H28ClN3O2. The van der Waals surface area contributed by atoms with Gasteiger partial charge in [0.15, 0.2) is 0 Å². The van der Waals surface area contributed by atoms with Gasteiger partial charge in [0.25, 0.3) is 0 Å². The van der Waals surface area contributed by atoms with E-state index in [0.29, 0.717) is 32.0 Å². The highest BCUT2D eigenvalue weighted by atomic mass is 35.5. The van der Waals surface area contributed by atoms with Crippen molar-refractivity contribution in [1.82, 2.24) is 10.2 Å². The SMILES string of the molecule is Cl.NCC1CCCCC1NC(=O)C1CC(=O)N(Cc2ccccc2)C1. The molecule has 1 aliphatic carbocycles. The fourth-order valence-electron chi connectivity index (χ4n) is 3.88. The third-order valence-electron chi connectivity index (χ3n) is 5.34. The Balaban J connectivity index is 0.00000225. The second-order valence-electron chi connectivity index (χ2n) is 7.06. The predicted molar refractivity (Wildman–Crippen MR) is 100 cm³/mol. The molecule has 1 saturated heterocycles. The van der Waals surface area contributed by atoms with Crippen molar-refractivity contribution in [2.24, 2.45) is 17.6 Å². The van der Waals surface area contributed by atoms with Gasteiger partial charge in [-0.3, -0.25) is 9.59 Å². The number of benzene rings is 1. The summed E-state index contributed by atoms with van der Waals surface area (Å²) in [5.74, 6) is 0.226. The number of nitrogens with one attached hydrogen (secondary N) is 1. The number of carbonyl (C=O) groups is 2. The van der Waals surface area contributed by atoms with Gasteiger partial charge in [0.2, 0.25) is 11.8 Å². The Morgan fingerprint density at radius 2 is 1.92 bits per heavy atom. The van der Waals surface area contributed by atoms with E-state index in [1.54, 1.807) is 4.90 Å². The van der Waals surface area contributed by atoms with Crippen molar-refractivity contribution in [3.05, 3.63) is 35.9 Å². The first-order chi connectivity index (χ1) is 11.7. The summed E-state index contributed by atoms with van der Waals surface area (Å²) in [6, 6.07) is 10.1. The van der Waals surface area contributed by atoms with Gasteiger partial charge in [-0.05, 0) is 30.9 Å². The molecule has 2 fully saturated rings. The van der Waals surface area contributed by atoms with E-state index in [-0.39, 0.29) is 36.2 Å². The van der Waals surface area contributed by atoms with E-state index in [2.05, 4.69) is 5.32 Å². The van der Waals surface area contributed by atoms with E-state index in [1.165, 1.54) is 6.42 Å². The zero-order valence-corrected chi connectivity index (χ0v) is 15.3. The molecule has 1 saturated carbocycles. The zero-order valence-electron chi connectivity index (χ0n) is 14.5. The Morgan fingerprint density at radius 1 is 1.20 bits per heavy atom. The number of amides is 2. The first-order valence-electron chi connectivity index (χ1n) is 8.99. The van der Waals surface area contributed by atoms with Crippen LogP contribution in [0.4, 0.5) is 0 Å². The second-order valence-corrected chi connectivity index (χ2v) is 7.06. The van der Waals surface area contributed by atoms with Gasteiger partial charge in [0.05, 0.1) is 5.92 Å². The number of rotatable bonds is 5. The van der Waals surface area contributed by atoms with Gasteiger partial charge in [-0.25, -0.2) is 0 Å². The average Bonchev–Trinajstić information content (AvgIpc) is 2.97. The number of hydrogen-bond donors (Lipinski definition) is 2. The molecule has 1 aliphatic heterocycles. The summed E-state index contributed by atoms with van der Waals surface area (Å²) < 4.78 is 0. The molecule has 1 aromatic carbocycles. The second kappa shape index (κ2) is 9.20. The lowest BCUT2D eigenvalue weighted by Gasteiger charge is -2.32. The van der Waals surface area contributed by atoms with Gasteiger partial charge in [-0.2, -0.15) is 0 Å². The van der Waals surface area contributed by atoms with E-state index < -0.39 is 0 Å². The molecule has 0 radical (unpaired) electrons. The van der Waals surface area contributed by atoms with E-state index in [9.17, 15) is 9.59 Å². The van der Waals surface area contributed by atoms with E-state index >= 15 is 0 Å². The van der Waals surface area contributed by atoms with Crippen molar-refractivity contribution in [3.63, 3.8) is 0 Å². The van der Waals surface area contributed by atoms with Crippen LogP contribution in [0.15, 0.2) is 30.3 Å². The topological polar surface area (TPSA) is 75.4 Å². The van der Waals surface area contributed by atoms with E-state index in [0.717, 1.165) is 24.8 Å². The molecule has 2 aliphatic rings. The van der Waals surface area contributed by atoms with Crippen LogP contribution in [0.2, 0.25) is 0 Å². The minimum atomic E-state index is -0.235. The summed E-state index contributed by atoms with van der Waals surface area (Å²) in [6.07, 6.45) is 4.75. The number of halogens is 1. The van der Waals surface area contributed by atoms with E-state index in [4.69, 9.17) is 5.73 Å². The summed E-state index contributed by atoms with van der Waals surface area (Å²) in [6.45, 7) is 1.71. The number of carbonyl (C=O) groups excluding carboxylic acids is 2. The van der Waals surface area contributed by atoms with Crippen LogP contribution < -0.4 is 11.1 Å². The minimum absolute atomic E-state index is 0. The fourth-order valence-corrected chi connectivity index (χ4v) is 3.88. The number of nitrogens with two attached hydrogens (primary N) is 1. The largest absolute Gasteiger partial charge is 0.353 e. The number of hydrogen-bond acceptors (Lipinski definition) is 3. The molecule has 6 heteroatoms. The maximum Gasteiger partial charge on any atom is 0.225 e. The summed E-state index contributed by atoms with van der Waals surface area (Å²) in [4.78, 5) is 26.6. The Labute approximate surface area is 155 Å². The van der Waals surface area contributed by atoms with Gasteiger partial charge in [0, 0.05) is 25.6 Å². The van der Waals surface area contributed by atoms with Crippen molar-refractivity contribution in [2.75, 3.05) is 13.1 Å². The van der Waals surface area contributed by atoms with Gasteiger partial charge in [-0.1, -0.05) is 43.2 Å². The molecule has 3 unspecified atom stereocenters. The van der Waals surface area contributed by atoms with Crippen molar-refractivity contribution in [3.8, 4) is 0 Å². The lowest BCUT2D eigenvalue weighted by Crippen LogP contribution is -2.47. The van der Waals surface area contributed by atoms with Crippen LogP contribution in [-0.2, 0) is 16.1 Å². The molecular weight excluding hydrogens is 338 g/mol. The van der Waals surface area contributed by atoms with Gasteiger partial charge < -0.3 is 16.0 Å². The van der Waals surface area contributed by atoms with E-state index in [1.807, 2.05) is 30.3 Å². The average molecular weight is 366 g/mol. The highest BCUT2D eigenvalue weighted by Gasteiger charge is 2.36. The van der Waals surface area contributed by atoms with Gasteiger partial charge in [0.1, 0.15) is 0 Å². The molecule has 25 heavy (non-hydrogen) atoms. The Morgan fingerprint density at radius 3 is 2.64 bits per heavy atom. The fraction of sp³-hybridized carbons (Fsp3) is 0.579. The third-order valence-corrected chi connectivity index (χ3v) is 5.34. The van der Waals surface area contributed by atoms with Crippen LogP contribution >= 0.6 is 12.4 Å². The molecule has 3 atom stereocenters. The standard InChI is InChI=1S/C19H27N3O2.ClH/c20-11-15-8-4-5-9-17(15)21-19(24)16-10-18(23)22(13-16)12-14-6-2-1-3-7-14;/h1-3,6-7,15-17H,4-5,8-13,20H2,(H,21,24);1H. The van der Waals surface area contributed by atoms with Crippen LogP contribution in [0, 0.1) is 11.8 Å². The summed E-state index contributed by atoms with van der Waals surface area (Å²) in [5, 5.41) is 3.17. The summed E-state index contributed by atoms with van der Waals surface area (Å²) >= 11 is 0. The van der Waals surface area contributed by atoms with Crippen molar-refractivity contribution >= 4 is 24.2 Å². The first-order valence-corrected chi connectivity index (χ1v) is 8.99. The molecule has 1 aromatic rings. The minimum Gasteiger partial charge on any atom is -0.353 e. The number of likely N-dealkylation sites (tertiary alicyclic amines) is 1. The molecule has 3 rings (SSSR count). The van der Waals surface area contributed by atoms with Crippen molar-refractivity contribution < 1.29 is 9.59 Å². The monoisotopic (exact) mass is 365 g/mol. The van der Waals surface area contributed by atoms with Crippen LogP contribution in [-0.4, -0.2) is 35.8 Å². The van der Waals surface area contributed by atoms with Crippen LogP contribution in [0.3, 0.4) is 0 Å². The molecule has 2 amide bonds. The molecule has 138 valence electrons. The van der Waals surface area contributed by atoms with Crippen molar-refractivity contribution in [2.45, 2.75) is 44.7 Å². The molecule has 1 heterocycles. The molecule has 3 N–H and O–H groups in total. The zero-order chi connectivity index (χ0) is 16.9. The summed E-state index contributed by atoms with van der Waals surface area (Å²) in [7, 11) is 0. The Kier molecular flexibility index (Phi) is 7.26. The smallest absolute Gasteiger partial charge is 0.225 e. The quantitative estimate of drug-likeness (QED) is 0.838. The van der Waals surface area contributed by atoms with Crippen LogP contribution in [0.1, 0.15) is 37.7 Å². The maximum absolute atomic E-state index is 12.6. The maximum atomic E-state index is 12.6. The highest BCUT2D eigenvalue weighted by Crippen LogP contribution is 2.25. The Bertz CT molecular complexity index is 581. The molecule has 0 bridgehead atoms. The van der Waals surface area contributed by atoms with Crippen LogP contribution in [0.5, 0.6) is 0 Å². The number of nitrogens with zero attached hydrogens (tertiary/aromatic N) is 1.